The Kier molecular flexibility index (Phi) is 5.76. The maximum atomic E-state index is 12.1. The number of hydrazone groups is 1. The second kappa shape index (κ2) is 7.58. The van der Waals surface area contributed by atoms with Gasteiger partial charge in [0.05, 0.1) is 6.21 Å². The third-order valence-corrected chi connectivity index (χ3v) is 4.42. The number of nitrogens with zero attached hydrogens (tertiary/aromatic N) is 3. The number of aromatic nitrogens is 2. The number of H-pyrrole nitrogens is 1. The van der Waals surface area contributed by atoms with E-state index in [1.54, 1.807) is 4.57 Å². The topological polar surface area (TPSA) is 73.6 Å². The van der Waals surface area contributed by atoms with Crippen LogP contribution >= 0.6 is 12.2 Å². The molecule has 1 aromatic rings. The highest BCUT2D eigenvalue weighted by Gasteiger charge is 2.15. The van der Waals surface area contributed by atoms with Gasteiger partial charge in [0, 0.05) is 19.1 Å². The Labute approximate surface area is 135 Å². The Hall–Kier alpha value is -1.63. The van der Waals surface area contributed by atoms with Crippen LogP contribution in [0.2, 0.25) is 0 Å². The highest BCUT2D eigenvalue weighted by Crippen LogP contribution is 2.20. The molecule has 0 aliphatic carbocycles. The molecule has 1 aliphatic rings. The first-order valence-corrected chi connectivity index (χ1v) is 8.32. The Bertz CT molecular complexity index is 642. The summed E-state index contributed by atoms with van der Waals surface area (Å²) in [5.74, 6) is -0.110. The smallest absolute Gasteiger partial charge is 0.264 e. The number of hydrogen-bond acceptors (Lipinski definition) is 5. The summed E-state index contributed by atoms with van der Waals surface area (Å²) in [6.45, 7) is 5.73. The van der Waals surface area contributed by atoms with Crippen molar-refractivity contribution in [2.45, 2.75) is 52.0 Å². The molecule has 1 fully saturated rings. The lowest BCUT2D eigenvalue weighted by atomic mass is 10.2. The van der Waals surface area contributed by atoms with E-state index >= 15 is 0 Å². The van der Waals surface area contributed by atoms with Gasteiger partial charge in [-0.15, -0.1) is 0 Å². The minimum atomic E-state index is -0.402. The van der Waals surface area contributed by atoms with Crippen molar-refractivity contribution in [3.63, 3.8) is 0 Å². The van der Waals surface area contributed by atoms with E-state index in [-0.39, 0.29) is 22.3 Å². The Morgan fingerprint density at radius 1 is 1.36 bits per heavy atom. The monoisotopic (exact) mass is 324 g/mol. The van der Waals surface area contributed by atoms with Gasteiger partial charge in [-0.05, 0) is 38.4 Å². The molecule has 1 atom stereocenters. The average Bonchev–Trinajstić information content (AvgIpc) is 2.75. The third-order valence-electron chi connectivity index (χ3n) is 4.12. The summed E-state index contributed by atoms with van der Waals surface area (Å²) in [7, 11) is 0. The van der Waals surface area contributed by atoms with Gasteiger partial charge >= 0.3 is 0 Å². The van der Waals surface area contributed by atoms with Gasteiger partial charge in [-0.3, -0.25) is 19.4 Å². The van der Waals surface area contributed by atoms with Crippen LogP contribution in [0.15, 0.2) is 9.90 Å². The molecule has 122 valence electrons. The van der Waals surface area contributed by atoms with Crippen molar-refractivity contribution in [3.05, 3.63) is 20.7 Å². The number of nitrogens with one attached hydrogen (secondary N) is 1. The summed E-state index contributed by atoms with van der Waals surface area (Å²) in [5, 5.41) is 16.7. The zero-order valence-corrected chi connectivity index (χ0v) is 14.0. The summed E-state index contributed by atoms with van der Waals surface area (Å²) in [5.41, 5.74) is -0.237. The molecule has 0 aromatic carbocycles. The maximum Gasteiger partial charge on any atom is 0.264 e. The third kappa shape index (κ3) is 3.76. The first-order valence-electron chi connectivity index (χ1n) is 7.91. The molecular weight excluding hydrogens is 300 g/mol. The SMILES string of the molecule is CC[C@@H](C)n1c(O)c(/C=N/N2CCCCCC2)c(=O)[nH]c1=S. The highest BCUT2D eigenvalue weighted by atomic mass is 32.1. The van der Waals surface area contributed by atoms with Gasteiger partial charge in [0.2, 0.25) is 5.88 Å². The molecule has 2 heterocycles. The highest BCUT2D eigenvalue weighted by molar-refractivity contribution is 7.71. The average molecular weight is 324 g/mol. The van der Waals surface area contributed by atoms with Crippen molar-refractivity contribution in [2.75, 3.05) is 13.1 Å². The molecule has 2 rings (SSSR count). The van der Waals surface area contributed by atoms with Gasteiger partial charge in [0.1, 0.15) is 5.56 Å². The zero-order chi connectivity index (χ0) is 16.1. The molecule has 0 bridgehead atoms. The molecule has 7 heteroatoms. The van der Waals surface area contributed by atoms with Crippen LogP contribution in [0.3, 0.4) is 0 Å². The van der Waals surface area contributed by atoms with E-state index in [9.17, 15) is 9.90 Å². The molecule has 0 amide bonds. The number of hydrogen-bond donors (Lipinski definition) is 2. The molecule has 0 saturated carbocycles. The fourth-order valence-electron chi connectivity index (χ4n) is 2.57. The molecule has 6 nitrogen and oxygen atoms in total. The van der Waals surface area contributed by atoms with Gasteiger partial charge in [-0.25, -0.2) is 0 Å². The van der Waals surface area contributed by atoms with Crippen LogP contribution < -0.4 is 5.56 Å². The van der Waals surface area contributed by atoms with Gasteiger partial charge in [-0.1, -0.05) is 19.8 Å². The number of rotatable bonds is 4. The lowest BCUT2D eigenvalue weighted by molar-refractivity contribution is 0.302. The summed E-state index contributed by atoms with van der Waals surface area (Å²) in [6, 6.07) is 0.00897. The van der Waals surface area contributed by atoms with Gasteiger partial charge in [-0.2, -0.15) is 5.10 Å². The van der Waals surface area contributed by atoms with Crippen molar-refractivity contribution in [2.24, 2.45) is 5.10 Å². The van der Waals surface area contributed by atoms with Crippen LogP contribution in [0.1, 0.15) is 57.6 Å². The second-order valence-electron chi connectivity index (χ2n) is 5.74. The Morgan fingerprint density at radius 2 is 2.00 bits per heavy atom. The summed E-state index contributed by atoms with van der Waals surface area (Å²) >= 11 is 5.15. The van der Waals surface area contributed by atoms with Crippen LogP contribution in [-0.4, -0.2) is 39.0 Å². The minimum Gasteiger partial charge on any atom is -0.494 e. The van der Waals surface area contributed by atoms with Crippen molar-refractivity contribution in [3.8, 4) is 5.88 Å². The number of aromatic amines is 1. The van der Waals surface area contributed by atoms with E-state index < -0.39 is 5.56 Å². The molecule has 1 aromatic heterocycles. The zero-order valence-electron chi connectivity index (χ0n) is 13.2. The van der Waals surface area contributed by atoms with E-state index in [1.807, 2.05) is 18.9 Å². The van der Waals surface area contributed by atoms with E-state index in [1.165, 1.54) is 19.1 Å². The van der Waals surface area contributed by atoms with Crippen LogP contribution in [0.25, 0.3) is 0 Å². The molecule has 1 saturated heterocycles. The quantitative estimate of drug-likeness (QED) is 0.660. The van der Waals surface area contributed by atoms with Crippen molar-refractivity contribution < 1.29 is 5.11 Å². The molecule has 0 spiro atoms. The fourth-order valence-corrected chi connectivity index (χ4v) is 2.93. The lowest BCUT2D eigenvalue weighted by Gasteiger charge is -2.18. The molecular formula is C15H24N4O2S. The van der Waals surface area contributed by atoms with Crippen LogP contribution in [0, 0.1) is 4.77 Å². The van der Waals surface area contributed by atoms with Crippen LogP contribution in [0.5, 0.6) is 5.88 Å². The number of aromatic hydroxyl groups is 1. The molecule has 2 N–H and O–H groups in total. The van der Waals surface area contributed by atoms with E-state index in [2.05, 4.69) is 10.1 Å². The maximum absolute atomic E-state index is 12.1. The Balaban J connectivity index is 2.34. The van der Waals surface area contributed by atoms with Crippen LogP contribution in [-0.2, 0) is 0 Å². The first-order chi connectivity index (χ1) is 10.5. The fraction of sp³-hybridized carbons (Fsp3) is 0.667. The minimum absolute atomic E-state index is 0.00897. The van der Waals surface area contributed by atoms with E-state index in [4.69, 9.17) is 12.2 Å². The van der Waals surface area contributed by atoms with Gasteiger partial charge < -0.3 is 5.11 Å². The standard InChI is InChI=1S/C15H24N4O2S/c1-3-11(2)19-14(21)12(13(20)17-15(19)22)10-16-18-8-6-4-5-7-9-18/h10-11,21H,3-9H2,1-2H3,(H,17,20,22)/b16-10+/t11-/m1/s1. The van der Waals surface area contributed by atoms with Crippen LogP contribution in [0.4, 0.5) is 0 Å². The van der Waals surface area contributed by atoms with Crippen molar-refractivity contribution >= 4 is 18.4 Å². The van der Waals surface area contributed by atoms with Crippen molar-refractivity contribution in [1.29, 1.82) is 0 Å². The van der Waals surface area contributed by atoms with Crippen molar-refractivity contribution in [1.82, 2.24) is 14.6 Å². The van der Waals surface area contributed by atoms with Gasteiger partial charge in [0.25, 0.3) is 5.56 Å². The summed E-state index contributed by atoms with van der Waals surface area (Å²) in [4.78, 5) is 14.7. The molecule has 0 unspecified atom stereocenters. The molecule has 0 radical (unpaired) electrons. The molecule has 1 aliphatic heterocycles. The van der Waals surface area contributed by atoms with Gasteiger partial charge in [0.15, 0.2) is 4.77 Å². The second-order valence-corrected chi connectivity index (χ2v) is 6.12. The molecule has 22 heavy (non-hydrogen) atoms. The first kappa shape index (κ1) is 16.7. The van der Waals surface area contributed by atoms with E-state index in [0.29, 0.717) is 0 Å². The summed E-state index contributed by atoms with van der Waals surface area (Å²) in [6.07, 6.45) is 6.91. The van der Waals surface area contributed by atoms with E-state index in [0.717, 1.165) is 32.4 Å². The predicted octanol–water partition coefficient (Wildman–Crippen LogP) is 2.79. The normalized spacial score (nSPS) is 17.6. The lowest BCUT2D eigenvalue weighted by Crippen LogP contribution is -2.22. The predicted molar refractivity (Wildman–Crippen MR) is 90.2 cm³/mol. The summed E-state index contributed by atoms with van der Waals surface area (Å²) < 4.78 is 1.81. The Morgan fingerprint density at radius 3 is 2.59 bits per heavy atom. The largest absolute Gasteiger partial charge is 0.494 e.